The molecule has 0 aromatic carbocycles. The fourth-order valence-electron chi connectivity index (χ4n) is 18.6. The Morgan fingerprint density at radius 1 is 0.138 bits per heavy atom. The van der Waals surface area contributed by atoms with Crippen molar-refractivity contribution < 1.29 is 0 Å². The molecule has 65 heavy (non-hydrogen) atoms. The molecule has 0 amide bonds. The molecule has 65 heteroatoms. The van der Waals surface area contributed by atoms with Crippen molar-refractivity contribution in [3.8, 4) is 0 Å². The van der Waals surface area contributed by atoms with Gasteiger partial charge in [0.15, 0.2) is 0 Å². The molecule has 262 valence electrons. The minimum atomic E-state index is 0.601. The smallest absolute Gasteiger partial charge is 0.00000660 e. The van der Waals surface area contributed by atoms with Gasteiger partial charge in [0.1, 0.15) is 0 Å². The Balaban J connectivity index is 11.2. The van der Waals surface area contributed by atoms with Crippen LogP contribution in [0.15, 0.2) is 0 Å². The predicted molar refractivity (Wildman–Crippen MR) is 467 cm³/mol. The third-order valence-electron chi connectivity index (χ3n) is 19.1. The van der Waals surface area contributed by atoms with Crippen LogP contribution in [-0.2, 0) is 0 Å². The van der Waals surface area contributed by atoms with Crippen LogP contribution in [0.2, 0.25) is 0 Å². The highest BCUT2D eigenvalue weighted by Crippen LogP contribution is 2.25. The van der Waals surface area contributed by atoms with Crippen LogP contribution in [0.1, 0.15) is 0 Å². The summed E-state index contributed by atoms with van der Waals surface area (Å²) in [6.07, 6.45) is 19.6. The van der Waals surface area contributed by atoms with Crippen LogP contribution in [0.5, 0.6) is 0 Å². The highest BCUT2D eigenvalue weighted by molar-refractivity contribution is 8.39. The Morgan fingerprint density at radius 3 is 0.338 bits per heavy atom. The van der Waals surface area contributed by atoms with Gasteiger partial charge in [0.05, 0.1) is 255 Å². The van der Waals surface area contributed by atoms with Crippen molar-refractivity contribution in [1.29, 1.82) is 0 Å². The minimum absolute atomic E-state index is 0.601. The van der Waals surface area contributed by atoms with E-state index in [-0.39, 0.29) is 0 Å². The van der Waals surface area contributed by atoms with Gasteiger partial charge in [0.25, 0.3) is 0 Å². The zero-order valence-electron chi connectivity index (χ0n) is 51.6. The van der Waals surface area contributed by atoms with Crippen LogP contribution in [0.4, 0.5) is 0 Å². The fourth-order valence-corrected chi connectivity index (χ4v) is 18.6. The summed E-state index contributed by atoms with van der Waals surface area (Å²) >= 11 is 0. The number of hydrogen-bond acceptors (Lipinski definition) is 0. The van der Waals surface area contributed by atoms with Crippen LogP contribution >= 0.6 is 0 Å². The Bertz CT molecular complexity index is 1040. The average Bonchev–Trinajstić information content (AvgIpc) is 3.08. The van der Waals surface area contributed by atoms with E-state index in [4.69, 9.17) is 0 Å². The van der Waals surface area contributed by atoms with Crippen molar-refractivity contribution in [2.45, 2.75) is 0 Å². The summed E-state index contributed by atoms with van der Waals surface area (Å²) in [5, 5.41) is 0. The standard InChI is InChI=1S/B65H67/c1-34-51(35(2)3)59(50(32)33)63(58(48(28)29)49(30)31)65(62(56(44(20)21)45(22)23)57(46(24)25)47(26)27)64(60(52(36(4)5)37(6)7)53(38(8)9)39(10)11)61(54(40(12)13)41(14)15)55(42(16)17)43(18)19/h34H,1-33H2. The summed E-state index contributed by atoms with van der Waals surface area (Å²) in [6.45, 7) is 0. The average molecular weight is 770 g/mol. The zero-order valence-corrected chi connectivity index (χ0v) is 51.6. The van der Waals surface area contributed by atoms with Crippen molar-refractivity contribution in [1.82, 2.24) is 0 Å². The first-order valence-electron chi connectivity index (χ1n) is 29.6. The Labute approximate surface area is 456 Å². The van der Waals surface area contributed by atoms with E-state index in [0.29, 0.717) is 198 Å². The largest absolute Gasteiger partial charge is 0.0593 e. The number of rotatable bonds is 31. The lowest BCUT2D eigenvalue weighted by molar-refractivity contribution is 3.16. The van der Waals surface area contributed by atoms with Crippen molar-refractivity contribution in [2.24, 2.45) is 0 Å². The van der Waals surface area contributed by atoms with Gasteiger partial charge in [-0.15, -0.1) is 0 Å². The van der Waals surface area contributed by atoms with Gasteiger partial charge in [0.2, 0.25) is 0 Å². The quantitative estimate of drug-likeness (QED) is 0.0616. The van der Waals surface area contributed by atoms with Crippen molar-refractivity contribution >= 4 is 460 Å². The lowest BCUT2D eigenvalue weighted by Crippen LogP contribution is -2.98. The topological polar surface area (TPSA) is 0 Å². The van der Waals surface area contributed by atoms with Crippen LogP contribution in [0.25, 0.3) is 0 Å². The summed E-state index contributed by atoms with van der Waals surface area (Å²) < 4.78 is 0. The van der Waals surface area contributed by atoms with Gasteiger partial charge in [-0.2, -0.15) is 0 Å². The van der Waals surface area contributed by atoms with Gasteiger partial charge in [-0.1, -0.05) is 0 Å². The second-order valence-electron chi connectivity index (χ2n) is 29.1. The molecule has 0 nitrogen and oxygen atoms in total. The molecule has 0 saturated heterocycles. The molecule has 0 fully saturated rings. The van der Waals surface area contributed by atoms with Crippen molar-refractivity contribution in [3.05, 3.63) is 0 Å². The molecule has 0 radical (unpaired) electrons. The Hall–Kier alpha value is 4.22. The van der Waals surface area contributed by atoms with E-state index in [1.165, 1.54) is 7.06 Å². The predicted octanol–water partition coefficient (Wildman–Crippen LogP) is -42.7. The SMILES string of the molecule is BBB(B(B)B)B(B(B)B)B(B(B(B)B)B(B)B)B(B(B(B(B)B)B(B)B)B(B(B)B)B(B)B)B(B(B(B(B)B)B(B)B)B(B(B)B)B(B)B)B(B(B(B)B)B(B)B)B(B(B)B)B(B)B. The van der Waals surface area contributed by atoms with Gasteiger partial charge < -0.3 is 0 Å². The van der Waals surface area contributed by atoms with E-state index in [1.54, 1.807) is 0 Å². The first kappa shape index (κ1) is 69.2. The second-order valence-corrected chi connectivity index (χ2v) is 29.1. The van der Waals surface area contributed by atoms with E-state index < -0.39 is 0 Å². The molecule has 0 spiro atoms. The summed E-state index contributed by atoms with van der Waals surface area (Å²) in [7, 11) is 89.3. The van der Waals surface area contributed by atoms with E-state index in [9.17, 15) is 0 Å². The molecule has 0 saturated carbocycles. The highest BCUT2D eigenvalue weighted by atomic mass is 13.4. The van der Waals surface area contributed by atoms with Crippen LogP contribution in [0.3, 0.4) is 0 Å². The summed E-state index contributed by atoms with van der Waals surface area (Å²) in [5.74, 6) is 0. The van der Waals surface area contributed by atoms with Crippen LogP contribution in [0, 0.1) is 0 Å². The van der Waals surface area contributed by atoms with Gasteiger partial charge in [0, 0.05) is 205 Å². The van der Waals surface area contributed by atoms with Crippen molar-refractivity contribution in [3.63, 3.8) is 0 Å². The molecule has 0 N–H and O–H groups in total. The molecular weight excluding hydrogens is 703 g/mol. The first-order valence-corrected chi connectivity index (χ1v) is 29.6. The Morgan fingerprint density at radius 2 is 0.246 bits per heavy atom. The minimum Gasteiger partial charge on any atom is 0.00000660 e. The molecule has 0 bridgehead atoms. The second kappa shape index (κ2) is 32.0. The van der Waals surface area contributed by atoms with E-state index in [0.717, 1.165) is 0 Å². The number of hydrogen-bond donors (Lipinski definition) is 0. The van der Waals surface area contributed by atoms with E-state index in [2.05, 4.69) is 255 Å². The maximum atomic E-state index is 2.70. The maximum absolute atomic E-state index is 2.70. The molecule has 0 aliphatic carbocycles. The van der Waals surface area contributed by atoms with Gasteiger partial charge in [-0.05, 0) is 0 Å². The van der Waals surface area contributed by atoms with E-state index in [1.807, 2.05) is 0 Å². The van der Waals surface area contributed by atoms with Crippen LogP contribution < -0.4 is 0 Å². The summed E-state index contributed by atoms with van der Waals surface area (Å²) in [4.78, 5) is 0. The van der Waals surface area contributed by atoms with Gasteiger partial charge in [-0.3, -0.25) is 0 Å². The molecular formula is H67B65. The monoisotopic (exact) mass is 783 g/mol. The summed E-state index contributed by atoms with van der Waals surface area (Å²) in [6, 6.07) is 0. The molecule has 0 unspecified atom stereocenters. The molecule has 0 rings (SSSR count). The molecule has 0 aliphatic heterocycles. The lowest BCUT2D eigenvalue weighted by Gasteiger charge is -2.59. The highest BCUT2D eigenvalue weighted by Gasteiger charge is 2.64. The van der Waals surface area contributed by atoms with Crippen molar-refractivity contribution in [2.75, 3.05) is 0 Å². The molecule has 0 atom stereocenters. The summed E-state index contributed by atoms with van der Waals surface area (Å²) in [5.41, 5.74) is 0. The molecule has 0 aromatic rings. The molecule has 0 aliphatic rings. The lowest BCUT2D eigenvalue weighted by atomic mass is 8.22. The molecule has 0 heterocycles. The third-order valence-corrected chi connectivity index (χ3v) is 19.1. The Kier molecular flexibility index (Phi) is 34.0. The first-order chi connectivity index (χ1) is 29.6. The van der Waals surface area contributed by atoms with Gasteiger partial charge >= 0.3 is 0 Å². The zero-order chi connectivity index (χ0) is 51.6. The third kappa shape index (κ3) is 18.8. The van der Waals surface area contributed by atoms with Crippen LogP contribution in [-0.4, -0.2) is 460 Å². The normalized spacial score (nSPS) is 9.72. The maximum Gasteiger partial charge on any atom is 0.0593 e. The fraction of sp³-hybridized carbons (Fsp3) is 0. The molecule has 0 aromatic heterocycles. The van der Waals surface area contributed by atoms with E-state index >= 15 is 0 Å². The van der Waals surface area contributed by atoms with Gasteiger partial charge in [-0.25, -0.2) is 0 Å².